The van der Waals surface area contributed by atoms with Gasteiger partial charge in [0.25, 0.3) is 11.6 Å². The van der Waals surface area contributed by atoms with Gasteiger partial charge in [-0.2, -0.15) is 0 Å². The molecule has 9 heteroatoms. The van der Waals surface area contributed by atoms with E-state index in [1.165, 1.54) is 30.8 Å². The SMILES string of the molecule is CSc1ccc(C(=O)O[C@H](C)C(=O)NCc2ccccc2Cl)cc1[N+](=O)[O-]. The van der Waals surface area contributed by atoms with E-state index in [4.69, 9.17) is 16.3 Å². The molecule has 2 aromatic carbocycles. The Labute approximate surface area is 165 Å². The Morgan fingerprint density at radius 3 is 2.63 bits per heavy atom. The molecular formula is C18H17ClN2O5S. The molecule has 0 fully saturated rings. The Kier molecular flexibility index (Phi) is 7.20. The zero-order chi connectivity index (χ0) is 20.0. The molecule has 0 heterocycles. The molecule has 2 rings (SSSR count). The van der Waals surface area contributed by atoms with Gasteiger partial charge in [0, 0.05) is 17.6 Å². The van der Waals surface area contributed by atoms with Gasteiger partial charge in [-0.15, -0.1) is 11.8 Å². The number of benzene rings is 2. The van der Waals surface area contributed by atoms with Gasteiger partial charge >= 0.3 is 5.97 Å². The number of amides is 1. The number of thioether (sulfide) groups is 1. The summed E-state index contributed by atoms with van der Waals surface area (Å²) in [5.74, 6) is -1.32. The maximum Gasteiger partial charge on any atom is 0.339 e. The second-order valence-corrected chi connectivity index (χ2v) is 6.76. The van der Waals surface area contributed by atoms with Crippen LogP contribution in [-0.4, -0.2) is 29.2 Å². The second-order valence-electron chi connectivity index (χ2n) is 5.50. The minimum Gasteiger partial charge on any atom is -0.449 e. The van der Waals surface area contributed by atoms with Crippen molar-refractivity contribution in [3.05, 3.63) is 68.7 Å². The zero-order valence-corrected chi connectivity index (χ0v) is 16.2. The molecule has 0 aromatic heterocycles. The van der Waals surface area contributed by atoms with E-state index in [2.05, 4.69) is 5.32 Å². The van der Waals surface area contributed by atoms with Crippen LogP contribution in [0.1, 0.15) is 22.8 Å². The van der Waals surface area contributed by atoms with Crippen LogP contribution in [0.25, 0.3) is 0 Å². The number of carbonyl (C=O) groups is 2. The predicted octanol–water partition coefficient (Wildman–Crippen LogP) is 3.83. The predicted molar refractivity (Wildman–Crippen MR) is 103 cm³/mol. The van der Waals surface area contributed by atoms with Gasteiger partial charge in [-0.05, 0) is 36.9 Å². The lowest BCUT2D eigenvalue weighted by molar-refractivity contribution is -0.387. The zero-order valence-electron chi connectivity index (χ0n) is 14.6. The summed E-state index contributed by atoms with van der Waals surface area (Å²) >= 11 is 7.22. The van der Waals surface area contributed by atoms with E-state index in [0.717, 1.165) is 11.6 Å². The van der Waals surface area contributed by atoms with Crippen molar-refractivity contribution in [2.45, 2.75) is 24.5 Å². The summed E-state index contributed by atoms with van der Waals surface area (Å²) < 4.78 is 5.11. The maximum absolute atomic E-state index is 12.2. The highest BCUT2D eigenvalue weighted by Gasteiger charge is 2.22. The van der Waals surface area contributed by atoms with Crippen LogP contribution in [0.5, 0.6) is 0 Å². The number of rotatable bonds is 7. The molecule has 1 amide bonds. The van der Waals surface area contributed by atoms with Crippen molar-refractivity contribution in [2.75, 3.05) is 6.26 Å². The molecule has 27 heavy (non-hydrogen) atoms. The van der Waals surface area contributed by atoms with Gasteiger partial charge in [0.15, 0.2) is 6.10 Å². The van der Waals surface area contributed by atoms with Gasteiger partial charge in [0.05, 0.1) is 15.4 Å². The van der Waals surface area contributed by atoms with Gasteiger partial charge in [-0.3, -0.25) is 14.9 Å². The molecule has 0 spiro atoms. The molecule has 1 N–H and O–H groups in total. The summed E-state index contributed by atoms with van der Waals surface area (Å²) in [7, 11) is 0. The van der Waals surface area contributed by atoms with E-state index >= 15 is 0 Å². The van der Waals surface area contributed by atoms with E-state index < -0.39 is 22.9 Å². The molecule has 0 saturated heterocycles. The monoisotopic (exact) mass is 408 g/mol. The molecular weight excluding hydrogens is 392 g/mol. The van der Waals surface area contributed by atoms with Crippen LogP contribution in [-0.2, 0) is 16.1 Å². The molecule has 0 aliphatic heterocycles. The number of hydrogen-bond acceptors (Lipinski definition) is 6. The van der Waals surface area contributed by atoms with Gasteiger partial charge in [0.2, 0.25) is 0 Å². The quantitative estimate of drug-likeness (QED) is 0.323. The highest BCUT2D eigenvalue weighted by molar-refractivity contribution is 7.98. The Bertz CT molecular complexity index is 875. The molecule has 7 nitrogen and oxygen atoms in total. The third kappa shape index (κ3) is 5.45. The first-order valence-corrected chi connectivity index (χ1v) is 9.48. The third-order valence-electron chi connectivity index (χ3n) is 3.68. The first-order valence-electron chi connectivity index (χ1n) is 7.88. The van der Waals surface area contributed by atoms with Crippen LogP contribution < -0.4 is 5.32 Å². The number of nitrogens with zero attached hydrogens (tertiary/aromatic N) is 1. The maximum atomic E-state index is 12.2. The highest BCUT2D eigenvalue weighted by Crippen LogP contribution is 2.28. The van der Waals surface area contributed by atoms with Crippen molar-refractivity contribution in [3.8, 4) is 0 Å². The van der Waals surface area contributed by atoms with Crippen LogP contribution in [0.3, 0.4) is 0 Å². The van der Waals surface area contributed by atoms with Gasteiger partial charge in [0.1, 0.15) is 0 Å². The Morgan fingerprint density at radius 2 is 2.00 bits per heavy atom. The fourth-order valence-electron chi connectivity index (χ4n) is 2.21. The van der Waals surface area contributed by atoms with E-state index in [9.17, 15) is 19.7 Å². The number of nitro benzene ring substituents is 1. The molecule has 142 valence electrons. The summed E-state index contributed by atoms with van der Waals surface area (Å²) in [4.78, 5) is 35.3. The lowest BCUT2D eigenvalue weighted by Crippen LogP contribution is -2.35. The van der Waals surface area contributed by atoms with Crippen LogP contribution in [0, 0.1) is 10.1 Å². The van der Waals surface area contributed by atoms with Gasteiger partial charge < -0.3 is 10.1 Å². The van der Waals surface area contributed by atoms with Crippen LogP contribution >= 0.6 is 23.4 Å². The van der Waals surface area contributed by atoms with Crippen molar-refractivity contribution < 1.29 is 19.2 Å². The lowest BCUT2D eigenvalue weighted by atomic mass is 10.2. The van der Waals surface area contributed by atoms with Crippen molar-refractivity contribution in [1.29, 1.82) is 0 Å². The number of nitrogens with one attached hydrogen (secondary N) is 1. The van der Waals surface area contributed by atoms with Crippen molar-refractivity contribution in [3.63, 3.8) is 0 Å². The molecule has 0 radical (unpaired) electrons. The van der Waals surface area contributed by atoms with E-state index in [0.29, 0.717) is 9.92 Å². The fraction of sp³-hybridized carbons (Fsp3) is 0.222. The first-order chi connectivity index (χ1) is 12.8. The minimum absolute atomic E-state index is 0.00486. The minimum atomic E-state index is -1.07. The number of esters is 1. The summed E-state index contributed by atoms with van der Waals surface area (Å²) in [6.07, 6.45) is 0.630. The van der Waals surface area contributed by atoms with E-state index in [-0.39, 0.29) is 17.8 Å². The average molecular weight is 409 g/mol. The third-order valence-corrected chi connectivity index (χ3v) is 4.83. The van der Waals surface area contributed by atoms with E-state index in [1.807, 2.05) is 0 Å². The number of halogens is 1. The average Bonchev–Trinajstić information content (AvgIpc) is 2.66. The number of hydrogen-bond donors (Lipinski definition) is 1. The molecule has 0 aliphatic carbocycles. The molecule has 1 atom stereocenters. The second kappa shape index (κ2) is 9.38. The highest BCUT2D eigenvalue weighted by atomic mass is 35.5. The molecule has 0 aliphatic rings. The smallest absolute Gasteiger partial charge is 0.339 e. The number of nitro groups is 1. The Hall–Kier alpha value is -2.58. The number of carbonyl (C=O) groups excluding carboxylic acids is 2. The van der Waals surface area contributed by atoms with Gasteiger partial charge in [-0.1, -0.05) is 29.8 Å². The molecule has 0 bridgehead atoms. The largest absolute Gasteiger partial charge is 0.449 e. The normalized spacial score (nSPS) is 11.5. The molecule has 0 saturated carbocycles. The summed E-state index contributed by atoms with van der Waals surface area (Å²) in [5.41, 5.74) is 0.548. The van der Waals surface area contributed by atoms with Crippen molar-refractivity contribution >= 4 is 40.9 Å². The van der Waals surface area contributed by atoms with Gasteiger partial charge in [-0.25, -0.2) is 4.79 Å². The molecule has 2 aromatic rings. The van der Waals surface area contributed by atoms with E-state index in [1.54, 1.807) is 30.5 Å². The standard InChI is InChI=1S/C18H17ClN2O5S/c1-11(17(22)20-10-13-5-3-4-6-14(13)19)26-18(23)12-7-8-16(27-2)15(9-12)21(24)25/h3-9,11H,10H2,1-2H3,(H,20,22)/t11-/m1/s1. The molecule has 0 unspecified atom stereocenters. The van der Waals surface area contributed by atoms with Crippen molar-refractivity contribution in [2.24, 2.45) is 0 Å². The summed E-state index contributed by atoms with van der Waals surface area (Å²) in [6.45, 7) is 1.61. The lowest BCUT2D eigenvalue weighted by Gasteiger charge is -2.14. The van der Waals surface area contributed by atoms with Crippen LogP contribution in [0.15, 0.2) is 47.4 Å². The summed E-state index contributed by atoms with van der Waals surface area (Å²) in [6, 6.07) is 11.1. The van der Waals surface area contributed by atoms with Crippen LogP contribution in [0.4, 0.5) is 5.69 Å². The van der Waals surface area contributed by atoms with Crippen LogP contribution in [0.2, 0.25) is 5.02 Å². The Balaban J connectivity index is 2.00. The first kappa shape index (κ1) is 20.7. The Morgan fingerprint density at radius 1 is 1.30 bits per heavy atom. The van der Waals surface area contributed by atoms with Crippen molar-refractivity contribution in [1.82, 2.24) is 5.32 Å². The topological polar surface area (TPSA) is 98.5 Å². The summed E-state index contributed by atoms with van der Waals surface area (Å²) in [5, 5.41) is 14.2. The number of ether oxygens (including phenoxy) is 1. The fourth-order valence-corrected chi connectivity index (χ4v) is 2.96.